The van der Waals surface area contributed by atoms with Gasteiger partial charge in [0.25, 0.3) is 0 Å². The first-order valence-electron chi connectivity index (χ1n) is 10.5. The van der Waals surface area contributed by atoms with E-state index in [0.29, 0.717) is 36.1 Å². The number of likely N-dealkylation sites (tertiary alicyclic amines) is 1. The number of carbonyl (C=O) groups is 2. The lowest BCUT2D eigenvalue weighted by Gasteiger charge is -2.44. The minimum absolute atomic E-state index is 0.112. The molecule has 2 saturated heterocycles. The Morgan fingerprint density at radius 1 is 1.26 bits per heavy atom. The zero-order chi connectivity index (χ0) is 22.4. The molecule has 4 rings (SSSR count). The second-order valence-corrected chi connectivity index (χ2v) is 9.47. The van der Waals surface area contributed by atoms with Gasteiger partial charge in [-0.1, -0.05) is 17.7 Å². The van der Waals surface area contributed by atoms with Gasteiger partial charge in [-0.05, 0) is 56.1 Å². The van der Waals surface area contributed by atoms with Crippen molar-refractivity contribution in [2.75, 3.05) is 18.0 Å². The molecule has 1 aliphatic carbocycles. The summed E-state index contributed by atoms with van der Waals surface area (Å²) in [6.07, 6.45) is -0.923. The zero-order valence-corrected chi connectivity index (χ0v) is 18.8. The van der Waals surface area contributed by atoms with Gasteiger partial charge in [-0.15, -0.1) is 0 Å². The van der Waals surface area contributed by atoms with Crippen molar-refractivity contribution in [3.63, 3.8) is 0 Å². The van der Waals surface area contributed by atoms with Crippen LogP contribution in [0.5, 0.6) is 0 Å². The summed E-state index contributed by atoms with van der Waals surface area (Å²) in [5.41, 5.74) is 7.06. The number of fused-ring (bicyclic) bond motifs is 1. The number of carbonyl (C=O) groups excluding carboxylic acids is 2. The van der Waals surface area contributed by atoms with E-state index >= 15 is 0 Å². The molecule has 168 valence electrons. The molecule has 8 nitrogen and oxygen atoms in total. The Hall–Kier alpha value is -1.94. The summed E-state index contributed by atoms with van der Waals surface area (Å²) in [6.45, 7) is 2.78. The topological polar surface area (TPSA) is 119 Å². The van der Waals surface area contributed by atoms with Crippen LogP contribution < -0.4 is 16.0 Å². The van der Waals surface area contributed by atoms with Crippen LogP contribution in [0.1, 0.15) is 24.8 Å². The summed E-state index contributed by atoms with van der Waals surface area (Å²) in [6, 6.07) is 4.51. The van der Waals surface area contributed by atoms with Gasteiger partial charge < -0.3 is 31.1 Å². The molecule has 3 fully saturated rings. The highest BCUT2D eigenvalue weighted by Crippen LogP contribution is 2.38. The average Bonchev–Trinajstić information content (AvgIpc) is 3.09. The first-order valence-corrected chi connectivity index (χ1v) is 11.3. The lowest BCUT2D eigenvalue weighted by atomic mass is 9.76. The molecule has 5 unspecified atom stereocenters. The first kappa shape index (κ1) is 22.3. The van der Waals surface area contributed by atoms with Crippen molar-refractivity contribution in [2.24, 2.45) is 17.6 Å². The van der Waals surface area contributed by atoms with E-state index in [-0.39, 0.29) is 24.2 Å². The number of aryl methyl sites for hydroxylation is 1. The number of nitrogens with two attached hydrogens (primary N) is 1. The van der Waals surface area contributed by atoms with Crippen LogP contribution in [0, 0.1) is 18.8 Å². The summed E-state index contributed by atoms with van der Waals surface area (Å²) in [7, 11) is 0. The maximum Gasteiger partial charge on any atom is 0.227 e. The molecular weight excluding hydrogens is 440 g/mol. The SMILES string of the molecule is Cc1ccc(N2C(=S)NC3C(O)C(O)CC(C(=O)N4CCC(C(N)=O)CC4)C32)cc1Cl. The van der Waals surface area contributed by atoms with Crippen LogP contribution >= 0.6 is 23.8 Å². The second kappa shape index (κ2) is 8.54. The molecule has 10 heteroatoms. The first-order chi connectivity index (χ1) is 14.7. The average molecular weight is 467 g/mol. The number of benzene rings is 1. The molecule has 1 aromatic rings. The highest BCUT2D eigenvalue weighted by Gasteiger charge is 2.54. The summed E-state index contributed by atoms with van der Waals surface area (Å²) in [5, 5.41) is 25.2. The lowest BCUT2D eigenvalue weighted by molar-refractivity contribution is -0.144. The van der Waals surface area contributed by atoms with Gasteiger partial charge in [0.05, 0.1) is 24.1 Å². The summed E-state index contributed by atoms with van der Waals surface area (Å²) < 4.78 is 0. The minimum Gasteiger partial charge on any atom is -0.390 e. The minimum atomic E-state index is -1.06. The standard InChI is InChI=1S/C21H27ClN4O4S/c1-10-2-3-12(8-14(10)22)26-17-13(9-15(27)18(28)16(17)24-21(26)31)20(30)25-6-4-11(5-7-25)19(23)29/h2-3,8,11,13,15-18,27-28H,4-7,9H2,1H3,(H2,23,29)(H,24,31). The van der Waals surface area contributed by atoms with Crippen LogP contribution in [0.3, 0.4) is 0 Å². The van der Waals surface area contributed by atoms with Crippen molar-refractivity contribution in [3.05, 3.63) is 28.8 Å². The molecule has 31 heavy (non-hydrogen) atoms. The number of aliphatic hydroxyl groups excluding tert-OH is 2. The molecule has 0 bridgehead atoms. The van der Waals surface area contributed by atoms with E-state index in [1.54, 1.807) is 11.0 Å². The second-order valence-electron chi connectivity index (χ2n) is 8.67. The van der Waals surface area contributed by atoms with Gasteiger partial charge >= 0.3 is 0 Å². The molecule has 0 spiro atoms. The molecule has 1 saturated carbocycles. The fourth-order valence-corrected chi connectivity index (χ4v) is 5.51. The van der Waals surface area contributed by atoms with E-state index in [0.717, 1.165) is 11.3 Å². The largest absolute Gasteiger partial charge is 0.390 e. The van der Waals surface area contributed by atoms with Crippen molar-refractivity contribution in [3.8, 4) is 0 Å². The molecule has 5 atom stereocenters. The maximum atomic E-state index is 13.5. The molecule has 1 aromatic carbocycles. The number of halogens is 1. The fraction of sp³-hybridized carbons (Fsp3) is 0.571. The van der Waals surface area contributed by atoms with Gasteiger partial charge in [-0.25, -0.2) is 0 Å². The number of anilines is 1. The Bertz CT molecular complexity index is 907. The number of hydrogen-bond donors (Lipinski definition) is 4. The van der Waals surface area contributed by atoms with Crippen LogP contribution in [-0.2, 0) is 9.59 Å². The predicted molar refractivity (Wildman–Crippen MR) is 121 cm³/mol. The molecule has 2 amide bonds. The number of primary amides is 1. The maximum absolute atomic E-state index is 13.5. The van der Waals surface area contributed by atoms with Gasteiger partial charge in [-0.3, -0.25) is 9.59 Å². The Labute approximate surface area is 191 Å². The van der Waals surface area contributed by atoms with Crippen LogP contribution in [0.2, 0.25) is 5.02 Å². The Balaban J connectivity index is 1.63. The van der Waals surface area contributed by atoms with Crippen molar-refractivity contribution < 1.29 is 19.8 Å². The van der Waals surface area contributed by atoms with E-state index in [4.69, 9.17) is 29.6 Å². The van der Waals surface area contributed by atoms with E-state index in [9.17, 15) is 19.8 Å². The van der Waals surface area contributed by atoms with E-state index in [2.05, 4.69) is 5.32 Å². The van der Waals surface area contributed by atoms with Crippen molar-refractivity contribution in [1.82, 2.24) is 10.2 Å². The van der Waals surface area contributed by atoms with E-state index < -0.39 is 30.2 Å². The van der Waals surface area contributed by atoms with Gasteiger partial charge in [-0.2, -0.15) is 0 Å². The number of nitrogens with one attached hydrogen (secondary N) is 1. The fourth-order valence-electron chi connectivity index (χ4n) is 4.98. The molecule has 2 aliphatic heterocycles. The van der Waals surface area contributed by atoms with Crippen LogP contribution in [0.25, 0.3) is 0 Å². The van der Waals surface area contributed by atoms with Crippen LogP contribution in [0.15, 0.2) is 18.2 Å². The number of piperidine rings is 1. The highest BCUT2D eigenvalue weighted by molar-refractivity contribution is 7.80. The quantitative estimate of drug-likeness (QED) is 0.480. The molecule has 0 radical (unpaired) electrons. The van der Waals surface area contributed by atoms with Gasteiger partial charge in [0.2, 0.25) is 11.8 Å². The number of nitrogens with zero attached hydrogens (tertiary/aromatic N) is 2. The molecule has 5 N–H and O–H groups in total. The smallest absolute Gasteiger partial charge is 0.227 e. The summed E-state index contributed by atoms with van der Waals surface area (Å²) in [4.78, 5) is 28.6. The number of aliphatic hydroxyl groups is 2. The van der Waals surface area contributed by atoms with E-state index in [1.165, 1.54) is 0 Å². The Morgan fingerprint density at radius 2 is 1.94 bits per heavy atom. The number of rotatable bonds is 3. The zero-order valence-electron chi connectivity index (χ0n) is 17.2. The Kier molecular flexibility index (Phi) is 6.13. The molecule has 3 aliphatic rings. The van der Waals surface area contributed by atoms with Crippen molar-refractivity contribution in [2.45, 2.75) is 50.5 Å². The molecule has 2 heterocycles. The van der Waals surface area contributed by atoms with Gasteiger partial charge in [0.1, 0.15) is 6.10 Å². The Morgan fingerprint density at radius 3 is 2.55 bits per heavy atom. The summed E-state index contributed by atoms with van der Waals surface area (Å²) >= 11 is 11.9. The van der Waals surface area contributed by atoms with Gasteiger partial charge in [0, 0.05) is 29.7 Å². The third-order valence-corrected chi connectivity index (χ3v) is 7.53. The van der Waals surface area contributed by atoms with Crippen LogP contribution in [0.4, 0.5) is 5.69 Å². The van der Waals surface area contributed by atoms with Crippen molar-refractivity contribution >= 4 is 46.4 Å². The molecular formula is C21H27ClN4O4S. The third-order valence-electron chi connectivity index (χ3n) is 6.80. The lowest BCUT2D eigenvalue weighted by Crippen LogP contribution is -2.61. The van der Waals surface area contributed by atoms with E-state index in [1.807, 2.05) is 24.0 Å². The van der Waals surface area contributed by atoms with Gasteiger partial charge in [0.15, 0.2) is 5.11 Å². The number of hydrogen-bond acceptors (Lipinski definition) is 5. The van der Waals surface area contributed by atoms with Crippen LogP contribution in [-0.4, -0.2) is 69.4 Å². The monoisotopic (exact) mass is 466 g/mol. The van der Waals surface area contributed by atoms with Crippen molar-refractivity contribution in [1.29, 1.82) is 0 Å². The number of amides is 2. The summed E-state index contributed by atoms with van der Waals surface area (Å²) in [5.74, 6) is -1.25. The number of thiocarbonyl (C=S) groups is 1. The normalized spacial score (nSPS) is 31.4. The molecule has 0 aromatic heterocycles. The highest BCUT2D eigenvalue weighted by atomic mass is 35.5. The predicted octanol–water partition coefficient (Wildman–Crippen LogP) is 0.546. The third kappa shape index (κ3) is 4.00.